The fraction of sp³-hybridized carbons (Fsp3) is 0.667. The largest absolute Gasteiger partial charge is 0.336 e. The van der Waals surface area contributed by atoms with Crippen LogP contribution in [0.1, 0.15) is 27.7 Å². The summed E-state index contributed by atoms with van der Waals surface area (Å²) >= 11 is 2.10. The molecule has 0 spiro atoms. The highest BCUT2D eigenvalue weighted by molar-refractivity contribution is 14.1. The van der Waals surface area contributed by atoms with Crippen molar-refractivity contribution in [1.82, 2.24) is 10.2 Å². The van der Waals surface area contributed by atoms with E-state index in [0.29, 0.717) is 0 Å². The fourth-order valence-electron chi connectivity index (χ4n) is 0.857. The minimum atomic E-state index is -0.0436. The second-order valence-electron chi connectivity index (χ2n) is 3.38. The predicted octanol–water partition coefficient (Wildman–Crippen LogP) is 2.72. The first-order chi connectivity index (χ1) is 5.99. The van der Waals surface area contributed by atoms with E-state index in [2.05, 4.69) is 27.9 Å². The molecule has 0 aromatic carbocycles. The average molecular weight is 296 g/mol. The van der Waals surface area contributed by atoms with Gasteiger partial charge in [0.15, 0.2) is 0 Å². The lowest BCUT2D eigenvalue weighted by Gasteiger charge is -2.23. The van der Waals surface area contributed by atoms with Crippen molar-refractivity contribution in [3.05, 3.63) is 10.3 Å². The summed E-state index contributed by atoms with van der Waals surface area (Å²) in [7, 11) is 0. The molecule has 0 aliphatic rings. The summed E-state index contributed by atoms with van der Waals surface area (Å²) in [5.74, 6) is 0. The van der Waals surface area contributed by atoms with Gasteiger partial charge in [0, 0.05) is 18.3 Å². The summed E-state index contributed by atoms with van der Waals surface area (Å²) in [6.07, 6.45) is 1.78. The van der Waals surface area contributed by atoms with Crippen molar-refractivity contribution >= 4 is 28.6 Å². The minimum absolute atomic E-state index is 0.0436. The standard InChI is InChI=1S/C9H17IN2O/c1-7(2)11-9(13)12(6-5-10)8(3)4/h5-8H,1-4H3,(H,11,13)/b6-5-. The lowest BCUT2D eigenvalue weighted by molar-refractivity contribution is 0.203. The number of hydrogen-bond acceptors (Lipinski definition) is 1. The van der Waals surface area contributed by atoms with Crippen LogP contribution in [0.2, 0.25) is 0 Å². The van der Waals surface area contributed by atoms with Crippen molar-refractivity contribution < 1.29 is 4.79 Å². The van der Waals surface area contributed by atoms with E-state index in [1.54, 1.807) is 11.1 Å². The zero-order valence-electron chi connectivity index (χ0n) is 8.54. The maximum Gasteiger partial charge on any atom is 0.321 e. The van der Waals surface area contributed by atoms with Crippen LogP contribution in [0, 0.1) is 0 Å². The molecule has 76 valence electrons. The van der Waals surface area contributed by atoms with Crippen LogP contribution in [0.4, 0.5) is 4.79 Å². The van der Waals surface area contributed by atoms with E-state index in [-0.39, 0.29) is 18.1 Å². The van der Waals surface area contributed by atoms with Crippen LogP contribution in [-0.2, 0) is 0 Å². The Morgan fingerprint density at radius 1 is 1.38 bits per heavy atom. The van der Waals surface area contributed by atoms with Gasteiger partial charge < -0.3 is 5.32 Å². The summed E-state index contributed by atoms with van der Waals surface area (Å²) in [6.45, 7) is 7.86. The number of carbonyl (C=O) groups is 1. The Balaban J connectivity index is 4.29. The van der Waals surface area contributed by atoms with Gasteiger partial charge in [-0.25, -0.2) is 4.79 Å². The van der Waals surface area contributed by atoms with E-state index in [1.165, 1.54) is 0 Å². The number of hydrogen-bond donors (Lipinski definition) is 1. The Bertz CT molecular complexity index is 190. The molecule has 0 bridgehead atoms. The van der Waals surface area contributed by atoms with E-state index in [0.717, 1.165) is 0 Å². The summed E-state index contributed by atoms with van der Waals surface area (Å²) in [5, 5.41) is 2.84. The molecule has 1 N–H and O–H groups in total. The average Bonchev–Trinajstić information content (AvgIpc) is 1.97. The van der Waals surface area contributed by atoms with Crippen LogP contribution in [-0.4, -0.2) is 23.0 Å². The third-order valence-corrected chi connectivity index (χ3v) is 1.74. The molecule has 0 radical (unpaired) electrons. The second-order valence-corrected chi connectivity index (χ2v) is 4.10. The van der Waals surface area contributed by atoms with Crippen molar-refractivity contribution in [3.8, 4) is 0 Å². The van der Waals surface area contributed by atoms with Crippen LogP contribution in [0.25, 0.3) is 0 Å². The van der Waals surface area contributed by atoms with Gasteiger partial charge in [-0.05, 0) is 31.8 Å². The van der Waals surface area contributed by atoms with Gasteiger partial charge >= 0.3 is 6.03 Å². The number of urea groups is 1. The van der Waals surface area contributed by atoms with E-state index in [1.807, 2.05) is 31.8 Å². The molecule has 0 aliphatic carbocycles. The first-order valence-electron chi connectivity index (χ1n) is 4.34. The third-order valence-electron chi connectivity index (χ3n) is 1.42. The number of halogens is 1. The molecule has 3 nitrogen and oxygen atoms in total. The normalized spacial score (nSPS) is 11.3. The van der Waals surface area contributed by atoms with Crippen LogP contribution in [0.3, 0.4) is 0 Å². The van der Waals surface area contributed by atoms with Gasteiger partial charge in [0.1, 0.15) is 0 Å². The molecule has 0 saturated heterocycles. The van der Waals surface area contributed by atoms with E-state index in [4.69, 9.17) is 0 Å². The first-order valence-corrected chi connectivity index (χ1v) is 5.59. The molecule has 0 atom stereocenters. The van der Waals surface area contributed by atoms with Gasteiger partial charge in [-0.1, -0.05) is 22.6 Å². The van der Waals surface area contributed by atoms with Crippen LogP contribution >= 0.6 is 22.6 Å². The summed E-state index contributed by atoms with van der Waals surface area (Å²) in [4.78, 5) is 13.2. The number of nitrogens with one attached hydrogen (secondary N) is 1. The Labute approximate surface area is 93.7 Å². The molecule has 0 aromatic heterocycles. The number of rotatable bonds is 3. The highest BCUT2D eigenvalue weighted by Gasteiger charge is 2.13. The summed E-state index contributed by atoms with van der Waals surface area (Å²) < 4.78 is 1.83. The maximum absolute atomic E-state index is 11.5. The van der Waals surface area contributed by atoms with Crippen molar-refractivity contribution in [2.24, 2.45) is 0 Å². The molecular formula is C9H17IN2O. The van der Waals surface area contributed by atoms with Gasteiger partial charge in [0.2, 0.25) is 0 Å². The Hall–Kier alpha value is -0.260. The molecule has 0 aromatic rings. The molecule has 2 amide bonds. The lowest BCUT2D eigenvalue weighted by atomic mass is 10.3. The minimum Gasteiger partial charge on any atom is -0.336 e. The lowest BCUT2D eigenvalue weighted by Crippen LogP contribution is -2.43. The predicted molar refractivity (Wildman–Crippen MR) is 63.8 cm³/mol. The topological polar surface area (TPSA) is 32.3 Å². The zero-order chi connectivity index (χ0) is 10.4. The first kappa shape index (κ1) is 12.7. The van der Waals surface area contributed by atoms with Crippen LogP contribution in [0.15, 0.2) is 10.3 Å². The molecule has 0 saturated carbocycles. The Morgan fingerprint density at radius 2 is 1.92 bits per heavy atom. The number of amides is 2. The van der Waals surface area contributed by atoms with Crippen molar-refractivity contribution in [3.63, 3.8) is 0 Å². The molecular weight excluding hydrogens is 279 g/mol. The third kappa shape index (κ3) is 5.13. The molecule has 0 fully saturated rings. The second kappa shape index (κ2) is 6.23. The molecule has 0 aliphatic heterocycles. The van der Waals surface area contributed by atoms with Gasteiger partial charge in [0.05, 0.1) is 0 Å². The zero-order valence-corrected chi connectivity index (χ0v) is 10.7. The highest BCUT2D eigenvalue weighted by atomic mass is 127. The number of carbonyl (C=O) groups excluding carboxylic acids is 1. The number of nitrogens with zero attached hydrogens (tertiary/aromatic N) is 1. The van der Waals surface area contributed by atoms with Crippen molar-refractivity contribution in [2.75, 3.05) is 0 Å². The van der Waals surface area contributed by atoms with E-state index < -0.39 is 0 Å². The smallest absolute Gasteiger partial charge is 0.321 e. The molecule has 0 rings (SSSR count). The fourth-order valence-corrected chi connectivity index (χ4v) is 1.20. The van der Waals surface area contributed by atoms with Gasteiger partial charge in [-0.2, -0.15) is 0 Å². The Kier molecular flexibility index (Phi) is 6.11. The van der Waals surface area contributed by atoms with Crippen LogP contribution < -0.4 is 5.32 Å². The SMILES string of the molecule is CC(C)NC(=O)N(/C=C\I)C(C)C. The summed E-state index contributed by atoms with van der Waals surface area (Å²) in [5.41, 5.74) is 0. The summed E-state index contributed by atoms with van der Waals surface area (Å²) in [6, 6.07) is 0.319. The van der Waals surface area contributed by atoms with Crippen LogP contribution in [0.5, 0.6) is 0 Å². The van der Waals surface area contributed by atoms with Gasteiger partial charge in [0.25, 0.3) is 0 Å². The highest BCUT2D eigenvalue weighted by Crippen LogP contribution is 2.02. The molecule has 0 unspecified atom stereocenters. The van der Waals surface area contributed by atoms with E-state index in [9.17, 15) is 4.79 Å². The Morgan fingerprint density at radius 3 is 2.23 bits per heavy atom. The monoisotopic (exact) mass is 296 g/mol. The maximum atomic E-state index is 11.5. The quantitative estimate of drug-likeness (QED) is 0.798. The molecule has 0 heterocycles. The van der Waals surface area contributed by atoms with Crippen molar-refractivity contribution in [2.45, 2.75) is 39.8 Å². The molecule has 4 heteroatoms. The van der Waals surface area contributed by atoms with Crippen molar-refractivity contribution in [1.29, 1.82) is 0 Å². The van der Waals surface area contributed by atoms with Gasteiger partial charge in [-0.15, -0.1) is 0 Å². The van der Waals surface area contributed by atoms with Gasteiger partial charge in [-0.3, -0.25) is 4.90 Å². The van der Waals surface area contributed by atoms with E-state index >= 15 is 0 Å². The molecule has 13 heavy (non-hydrogen) atoms.